The molecule has 2 atom stereocenters. The third kappa shape index (κ3) is 6.49. The number of ether oxygens (including phenoxy) is 1. The van der Waals surface area contributed by atoms with Crippen molar-refractivity contribution in [3.63, 3.8) is 0 Å². The Morgan fingerprint density at radius 2 is 2.00 bits per heavy atom. The van der Waals surface area contributed by atoms with Crippen molar-refractivity contribution in [3.8, 4) is 0 Å². The number of rotatable bonds is 6. The molecule has 3 N–H and O–H groups in total. The summed E-state index contributed by atoms with van der Waals surface area (Å²) >= 11 is 0. The van der Waals surface area contributed by atoms with Gasteiger partial charge in [0.05, 0.1) is 5.69 Å². The van der Waals surface area contributed by atoms with Crippen LogP contribution in [0.1, 0.15) is 44.7 Å². The van der Waals surface area contributed by atoms with E-state index < -0.39 is 9.73 Å². The summed E-state index contributed by atoms with van der Waals surface area (Å²) in [6.45, 7) is 3.82. The number of aromatic amines is 1. The summed E-state index contributed by atoms with van der Waals surface area (Å²) in [7, 11) is -2.17. The van der Waals surface area contributed by atoms with Crippen LogP contribution in [0.15, 0.2) is 34.7 Å². The van der Waals surface area contributed by atoms with E-state index in [4.69, 9.17) is 4.74 Å². The molecule has 0 radical (unpaired) electrons. The van der Waals surface area contributed by atoms with E-state index in [1.807, 2.05) is 44.2 Å². The van der Waals surface area contributed by atoms with Crippen molar-refractivity contribution in [2.24, 2.45) is 4.36 Å². The Morgan fingerprint density at radius 1 is 1.28 bits per heavy atom. The number of aromatic nitrogens is 2. The number of carbonyl (C=O) groups is 1. The van der Waals surface area contributed by atoms with E-state index in [0.29, 0.717) is 11.6 Å². The minimum absolute atomic E-state index is 0.0664. The van der Waals surface area contributed by atoms with Gasteiger partial charge in [-0.3, -0.25) is 5.10 Å². The molecule has 1 aromatic heterocycles. The lowest BCUT2D eigenvalue weighted by Crippen LogP contribution is -2.33. The number of amides is 1. The van der Waals surface area contributed by atoms with Gasteiger partial charge in [0.15, 0.2) is 5.82 Å². The number of benzene rings is 1. The molecule has 1 aliphatic carbocycles. The number of nitrogens with one attached hydrogen (secondary N) is 3. The van der Waals surface area contributed by atoms with Crippen LogP contribution in [-0.4, -0.2) is 45.2 Å². The number of nitrogens with zero attached hydrogens (tertiary/aromatic N) is 2. The van der Waals surface area contributed by atoms with Crippen molar-refractivity contribution >= 4 is 33.0 Å². The van der Waals surface area contributed by atoms with E-state index in [9.17, 15) is 9.00 Å². The van der Waals surface area contributed by atoms with Crippen LogP contribution in [0.4, 0.5) is 22.0 Å². The van der Waals surface area contributed by atoms with Crippen molar-refractivity contribution in [1.29, 1.82) is 0 Å². The topological polar surface area (TPSA) is 108 Å². The molecular weight excluding hydrogens is 390 g/mol. The van der Waals surface area contributed by atoms with E-state index in [2.05, 4.69) is 25.2 Å². The zero-order chi connectivity index (χ0) is 21.0. The van der Waals surface area contributed by atoms with E-state index in [1.54, 1.807) is 12.5 Å². The van der Waals surface area contributed by atoms with Gasteiger partial charge >= 0.3 is 6.09 Å². The molecule has 1 fully saturated rings. The van der Waals surface area contributed by atoms with Crippen molar-refractivity contribution in [2.45, 2.75) is 51.2 Å². The largest absolute Gasteiger partial charge is 0.446 e. The second-order valence-corrected chi connectivity index (χ2v) is 10.5. The Labute approximate surface area is 172 Å². The molecule has 2 aromatic rings. The summed E-state index contributed by atoms with van der Waals surface area (Å²) in [6, 6.07) is 9.46. The molecule has 0 spiro atoms. The third-order valence-electron chi connectivity index (χ3n) is 4.57. The second-order valence-electron chi connectivity index (χ2n) is 7.99. The molecule has 158 valence electrons. The Kier molecular flexibility index (Phi) is 6.46. The lowest BCUT2D eigenvalue weighted by molar-refractivity contribution is 0.0981. The van der Waals surface area contributed by atoms with Gasteiger partial charge in [0, 0.05) is 51.6 Å². The predicted octanol–water partition coefficient (Wildman–Crippen LogP) is 4.28. The second kappa shape index (κ2) is 8.86. The molecule has 1 saturated carbocycles. The SMILES string of the molecule is CC(C)NC(=O)OC1CCC(c2cc(Nc3ccc(N=S(C)(C)=O)cc3)n[nH]2)C1. The Morgan fingerprint density at radius 3 is 2.66 bits per heavy atom. The maximum Gasteiger partial charge on any atom is 0.407 e. The number of H-pyrrole nitrogens is 1. The third-order valence-corrected chi connectivity index (χ3v) is 5.22. The molecule has 3 rings (SSSR count). The van der Waals surface area contributed by atoms with Crippen molar-refractivity contribution < 1.29 is 13.7 Å². The average molecular weight is 420 g/mol. The Bertz CT molecular complexity index is 953. The van der Waals surface area contributed by atoms with Crippen molar-refractivity contribution in [1.82, 2.24) is 15.5 Å². The zero-order valence-corrected chi connectivity index (χ0v) is 18.1. The summed E-state index contributed by atoms with van der Waals surface area (Å²) in [4.78, 5) is 11.8. The summed E-state index contributed by atoms with van der Waals surface area (Å²) in [5, 5.41) is 13.4. The Balaban J connectivity index is 1.56. The highest BCUT2D eigenvalue weighted by atomic mass is 32.2. The summed E-state index contributed by atoms with van der Waals surface area (Å²) in [5.41, 5.74) is 2.59. The van der Waals surface area contributed by atoms with Crippen molar-refractivity contribution in [2.75, 3.05) is 17.8 Å². The molecular formula is C20H29N5O3S. The van der Waals surface area contributed by atoms with Crippen LogP contribution < -0.4 is 10.6 Å². The van der Waals surface area contributed by atoms with Crippen LogP contribution in [0.2, 0.25) is 0 Å². The molecule has 0 bridgehead atoms. The number of hydrogen-bond donors (Lipinski definition) is 3. The minimum Gasteiger partial charge on any atom is -0.446 e. The number of carbonyl (C=O) groups excluding carboxylic acids is 1. The van der Waals surface area contributed by atoms with E-state index in [1.165, 1.54) is 0 Å². The molecule has 2 unspecified atom stereocenters. The summed E-state index contributed by atoms with van der Waals surface area (Å²) in [6.07, 6.45) is 5.39. The zero-order valence-electron chi connectivity index (χ0n) is 17.3. The lowest BCUT2D eigenvalue weighted by Gasteiger charge is -2.14. The quantitative estimate of drug-likeness (QED) is 0.647. The summed E-state index contributed by atoms with van der Waals surface area (Å²) in [5.74, 6) is 1.01. The van der Waals surface area contributed by atoms with Gasteiger partial charge in [0.2, 0.25) is 0 Å². The van der Waals surface area contributed by atoms with Gasteiger partial charge in [0.1, 0.15) is 6.10 Å². The van der Waals surface area contributed by atoms with Gasteiger partial charge in [-0.05, 0) is 57.4 Å². The first-order chi connectivity index (χ1) is 13.7. The smallest absolute Gasteiger partial charge is 0.407 e. The number of alkyl carbamates (subject to hydrolysis) is 1. The standard InChI is InChI=1S/C20H29N5O3S/c1-13(2)21-20(26)28-17-10-5-14(11-17)18-12-19(24-23-18)22-15-6-8-16(9-7-15)25-29(3,4)27/h6-9,12-14,17H,5,10-11H2,1-4H3,(H,21,26)(H2,22,23,24). The molecule has 29 heavy (non-hydrogen) atoms. The fraction of sp³-hybridized carbons (Fsp3) is 0.500. The van der Waals surface area contributed by atoms with Gasteiger partial charge in [-0.25, -0.2) is 9.00 Å². The predicted molar refractivity (Wildman–Crippen MR) is 116 cm³/mol. The van der Waals surface area contributed by atoms with Crippen LogP contribution in [0.3, 0.4) is 0 Å². The first kappa shape index (κ1) is 21.2. The van der Waals surface area contributed by atoms with E-state index >= 15 is 0 Å². The first-order valence-electron chi connectivity index (χ1n) is 9.74. The van der Waals surface area contributed by atoms with Gasteiger partial charge in [0.25, 0.3) is 0 Å². The highest BCUT2D eigenvalue weighted by molar-refractivity contribution is 7.92. The molecule has 1 heterocycles. The van der Waals surface area contributed by atoms with Crippen molar-refractivity contribution in [3.05, 3.63) is 36.0 Å². The first-order valence-corrected chi connectivity index (χ1v) is 12.1. The molecule has 0 aliphatic heterocycles. The molecule has 1 aliphatic rings. The van der Waals surface area contributed by atoms with Crippen LogP contribution in [-0.2, 0) is 14.5 Å². The minimum atomic E-state index is -2.17. The number of hydrogen-bond acceptors (Lipinski definition) is 6. The van der Waals surface area contributed by atoms with Gasteiger partial charge in [-0.2, -0.15) is 9.46 Å². The monoisotopic (exact) mass is 419 g/mol. The number of anilines is 2. The fourth-order valence-electron chi connectivity index (χ4n) is 3.37. The fourth-order valence-corrected chi connectivity index (χ4v) is 4.00. The maximum atomic E-state index is 11.8. The van der Waals surface area contributed by atoms with Gasteiger partial charge in [-0.1, -0.05) is 0 Å². The van der Waals surface area contributed by atoms with Crippen LogP contribution in [0.25, 0.3) is 0 Å². The van der Waals surface area contributed by atoms with Gasteiger partial charge in [-0.15, -0.1) is 0 Å². The molecule has 1 amide bonds. The van der Waals surface area contributed by atoms with E-state index in [0.717, 1.165) is 36.5 Å². The molecule has 0 saturated heterocycles. The lowest BCUT2D eigenvalue weighted by atomic mass is 10.0. The average Bonchev–Trinajstić information content (AvgIpc) is 3.24. The molecule has 9 heteroatoms. The maximum absolute atomic E-state index is 11.8. The van der Waals surface area contributed by atoms with Gasteiger partial charge < -0.3 is 15.4 Å². The molecule has 8 nitrogen and oxygen atoms in total. The highest BCUT2D eigenvalue weighted by Crippen LogP contribution is 2.36. The van der Waals surface area contributed by atoms with Crippen LogP contribution in [0, 0.1) is 0 Å². The summed E-state index contributed by atoms with van der Waals surface area (Å²) < 4.78 is 21.4. The van der Waals surface area contributed by atoms with E-state index in [-0.39, 0.29) is 18.2 Å². The normalized spacial score (nSPS) is 19.2. The molecule has 1 aromatic carbocycles. The van der Waals surface area contributed by atoms with Crippen LogP contribution >= 0.6 is 0 Å². The Hall–Kier alpha value is -2.55. The highest BCUT2D eigenvalue weighted by Gasteiger charge is 2.30. The van der Waals surface area contributed by atoms with Crippen LogP contribution in [0.5, 0.6) is 0 Å².